The molecule has 0 aromatic heterocycles. The van der Waals surface area contributed by atoms with Crippen molar-refractivity contribution in [3.05, 3.63) is 72.0 Å². The Labute approximate surface area is 117 Å². The van der Waals surface area contributed by atoms with E-state index in [0.29, 0.717) is 5.69 Å². The summed E-state index contributed by atoms with van der Waals surface area (Å²) >= 11 is 0. The maximum absolute atomic E-state index is 10.3. The predicted octanol–water partition coefficient (Wildman–Crippen LogP) is 3.10. The Kier molecular flexibility index (Phi) is 4.39. The highest BCUT2D eigenvalue weighted by Gasteiger charge is 2.02. The van der Waals surface area contributed by atoms with Crippen molar-refractivity contribution < 1.29 is 14.6 Å². The minimum absolute atomic E-state index is 0.222. The number of fused-ring (bicyclic) bond motifs is 1. The molecule has 1 aliphatic heterocycles. The highest BCUT2D eigenvalue weighted by Crippen LogP contribution is 2.21. The number of rotatable bonds is 1. The number of ether oxygens (including phenoxy) is 1. The summed E-state index contributed by atoms with van der Waals surface area (Å²) in [4.78, 5) is 10.3. The molecule has 1 aliphatic rings. The summed E-state index contributed by atoms with van der Waals surface area (Å²) in [6.07, 6.45) is 4.75. The van der Waals surface area contributed by atoms with Gasteiger partial charge >= 0.3 is 5.97 Å². The fourth-order valence-corrected chi connectivity index (χ4v) is 1.76. The zero-order valence-corrected chi connectivity index (χ0v) is 10.8. The van der Waals surface area contributed by atoms with Gasteiger partial charge in [-0.3, -0.25) is 0 Å². The van der Waals surface area contributed by atoms with Crippen LogP contribution in [0.25, 0.3) is 0 Å². The standard InChI is InChI=1S/C9H8O.C7H7NO2/c1-2-6-9-8(4-1)5-3-7-10-9;8-6-3-1-2-5(4-6)7(9)10/h1-4,6-7H,5H2;1-4H,8H2,(H,9,10). The van der Waals surface area contributed by atoms with Crippen LogP contribution >= 0.6 is 0 Å². The van der Waals surface area contributed by atoms with Gasteiger partial charge < -0.3 is 15.6 Å². The van der Waals surface area contributed by atoms with Gasteiger partial charge in [-0.25, -0.2) is 4.79 Å². The molecule has 20 heavy (non-hydrogen) atoms. The summed E-state index contributed by atoms with van der Waals surface area (Å²) in [6, 6.07) is 14.3. The van der Waals surface area contributed by atoms with Crippen LogP contribution in [0, 0.1) is 0 Å². The average molecular weight is 269 g/mol. The van der Waals surface area contributed by atoms with E-state index >= 15 is 0 Å². The number of allylic oxidation sites excluding steroid dienone is 1. The molecule has 3 N–H and O–H groups in total. The molecule has 3 rings (SSSR count). The van der Waals surface area contributed by atoms with Gasteiger partial charge in [-0.2, -0.15) is 0 Å². The van der Waals surface area contributed by atoms with E-state index in [-0.39, 0.29) is 5.56 Å². The van der Waals surface area contributed by atoms with E-state index in [4.69, 9.17) is 15.6 Å². The second-order valence-corrected chi connectivity index (χ2v) is 4.23. The molecule has 4 nitrogen and oxygen atoms in total. The van der Waals surface area contributed by atoms with E-state index in [1.165, 1.54) is 17.7 Å². The van der Waals surface area contributed by atoms with Crippen LogP contribution in [0.3, 0.4) is 0 Å². The van der Waals surface area contributed by atoms with Crippen molar-refractivity contribution in [3.63, 3.8) is 0 Å². The molecule has 0 bridgehead atoms. The van der Waals surface area contributed by atoms with Crippen molar-refractivity contribution >= 4 is 11.7 Å². The van der Waals surface area contributed by atoms with Crippen LogP contribution in [0.1, 0.15) is 15.9 Å². The van der Waals surface area contributed by atoms with Crippen molar-refractivity contribution in [2.24, 2.45) is 0 Å². The second kappa shape index (κ2) is 6.43. The summed E-state index contributed by atoms with van der Waals surface area (Å²) in [5.74, 6) is 0.0392. The van der Waals surface area contributed by atoms with Crippen LogP contribution in [0.4, 0.5) is 5.69 Å². The molecule has 0 spiro atoms. The molecule has 0 fully saturated rings. The quantitative estimate of drug-likeness (QED) is 0.780. The highest BCUT2D eigenvalue weighted by molar-refractivity contribution is 5.88. The van der Waals surface area contributed by atoms with Crippen LogP contribution in [-0.4, -0.2) is 11.1 Å². The third kappa shape index (κ3) is 3.62. The number of carboxylic acid groups (broad SMARTS) is 1. The molecular formula is C16H15NO3. The number of carboxylic acids is 1. The Hall–Kier alpha value is -2.75. The van der Waals surface area contributed by atoms with E-state index in [2.05, 4.69) is 6.07 Å². The van der Waals surface area contributed by atoms with Gasteiger partial charge in [0.1, 0.15) is 5.75 Å². The number of anilines is 1. The summed E-state index contributed by atoms with van der Waals surface area (Å²) in [5, 5.41) is 8.45. The molecule has 0 atom stereocenters. The smallest absolute Gasteiger partial charge is 0.335 e. The average Bonchev–Trinajstić information content (AvgIpc) is 2.48. The van der Waals surface area contributed by atoms with E-state index in [9.17, 15) is 4.79 Å². The van der Waals surface area contributed by atoms with E-state index in [0.717, 1.165) is 12.2 Å². The van der Waals surface area contributed by atoms with Gasteiger partial charge in [-0.05, 0) is 42.3 Å². The lowest BCUT2D eigenvalue weighted by molar-refractivity contribution is 0.0697. The summed E-state index contributed by atoms with van der Waals surface area (Å²) < 4.78 is 5.24. The Balaban J connectivity index is 0.000000147. The second-order valence-electron chi connectivity index (χ2n) is 4.23. The molecule has 102 valence electrons. The van der Waals surface area contributed by atoms with Gasteiger partial charge in [0.25, 0.3) is 0 Å². The number of nitrogens with two attached hydrogens (primary N) is 1. The molecule has 0 unspecified atom stereocenters. The van der Waals surface area contributed by atoms with Crippen LogP contribution < -0.4 is 10.5 Å². The first kappa shape index (κ1) is 13.7. The SMILES string of the molecule is C1=COc2ccccc2C1.Nc1cccc(C(=O)O)c1. The summed E-state index contributed by atoms with van der Waals surface area (Å²) in [6.45, 7) is 0. The number of hydrogen-bond acceptors (Lipinski definition) is 3. The molecule has 0 radical (unpaired) electrons. The van der Waals surface area contributed by atoms with Crippen LogP contribution in [-0.2, 0) is 6.42 Å². The lowest BCUT2D eigenvalue weighted by Gasteiger charge is -2.09. The molecule has 0 saturated heterocycles. The number of nitrogen functional groups attached to an aromatic ring is 1. The van der Waals surface area contributed by atoms with Gasteiger partial charge in [-0.15, -0.1) is 0 Å². The topological polar surface area (TPSA) is 72.5 Å². The number of carbonyl (C=O) groups is 1. The minimum Gasteiger partial charge on any atom is -0.478 e. The lowest BCUT2D eigenvalue weighted by atomic mass is 10.1. The first-order valence-electron chi connectivity index (χ1n) is 6.15. The van der Waals surface area contributed by atoms with E-state index in [1.807, 2.05) is 24.3 Å². The number of aromatic carboxylic acids is 1. The Morgan fingerprint density at radius 2 is 1.95 bits per heavy atom. The number of para-hydroxylation sites is 1. The molecular weight excluding hydrogens is 254 g/mol. The molecule has 2 aromatic rings. The van der Waals surface area contributed by atoms with Crippen LogP contribution in [0.2, 0.25) is 0 Å². The zero-order chi connectivity index (χ0) is 14.4. The largest absolute Gasteiger partial charge is 0.478 e. The maximum atomic E-state index is 10.3. The molecule has 0 saturated carbocycles. The molecule has 0 aliphatic carbocycles. The van der Waals surface area contributed by atoms with Gasteiger partial charge in [0, 0.05) is 5.69 Å². The van der Waals surface area contributed by atoms with Crippen LogP contribution in [0.15, 0.2) is 60.9 Å². The van der Waals surface area contributed by atoms with Gasteiger partial charge in [-0.1, -0.05) is 24.3 Å². The fraction of sp³-hybridized carbons (Fsp3) is 0.0625. The number of hydrogen-bond donors (Lipinski definition) is 2. The molecule has 0 amide bonds. The molecule has 2 aromatic carbocycles. The third-order valence-corrected chi connectivity index (χ3v) is 2.74. The van der Waals surface area contributed by atoms with Crippen molar-refractivity contribution in [1.29, 1.82) is 0 Å². The van der Waals surface area contributed by atoms with E-state index < -0.39 is 5.97 Å². The van der Waals surface area contributed by atoms with Gasteiger partial charge in [0.05, 0.1) is 11.8 Å². The Morgan fingerprint density at radius 1 is 1.15 bits per heavy atom. The van der Waals surface area contributed by atoms with E-state index in [1.54, 1.807) is 18.4 Å². The Bertz CT molecular complexity index is 608. The number of benzene rings is 2. The first-order chi connectivity index (χ1) is 9.66. The Morgan fingerprint density at radius 3 is 2.60 bits per heavy atom. The maximum Gasteiger partial charge on any atom is 0.335 e. The van der Waals surface area contributed by atoms with Crippen molar-refractivity contribution in [3.8, 4) is 5.75 Å². The first-order valence-corrected chi connectivity index (χ1v) is 6.15. The summed E-state index contributed by atoms with van der Waals surface area (Å²) in [7, 11) is 0. The zero-order valence-electron chi connectivity index (χ0n) is 10.8. The predicted molar refractivity (Wildman–Crippen MR) is 77.7 cm³/mol. The van der Waals surface area contributed by atoms with Crippen molar-refractivity contribution in [2.75, 3.05) is 5.73 Å². The van der Waals surface area contributed by atoms with Crippen molar-refractivity contribution in [2.45, 2.75) is 6.42 Å². The molecule has 1 heterocycles. The third-order valence-electron chi connectivity index (χ3n) is 2.74. The van der Waals surface area contributed by atoms with Gasteiger partial charge in [0.2, 0.25) is 0 Å². The normalized spacial score (nSPS) is 11.6. The fourth-order valence-electron chi connectivity index (χ4n) is 1.76. The van der Waals surface area contributed by atoms with Crippen molar-refractivity contribution in [1.82, 2.24) is 0 Å². The summed E-state index contributed by atoms with van der Waals surface area (Å²) in [5.41, 5.74) is 7.30. The lowest BCUT2D eigenvalue weighted by Crippen LogP contribution is -1.96. The minimum atomic E-state index is -0.952. The van der Waals surface area contributed by atoms with Crippen LogP contribution in [0.5, 0.6) is 5.75 Å². The van der Waals surface area contributed by atoms with Gasteiger partial charge in [0.15, 0.2) is 0 Å². The molecule has 4 heteroatoms. The highest BCUT2D eigenvalue weighted by atomic mass is 16.5. The monoisotopic (exact) mass is 269 g/mol.